The lowest BCUT2D eigenvalue weighted by Gasteiger charge is -2.23. The summed E-state index contributed by atoms with van der Waals surface area (Å²) in [4.78, 5) is 2.03. The third kappa shape index (κ3) is 2.98. The summed E-state index contributed by atoms with van der Waals surface area (Å²) < 4.78 is 0. The van der Waals surface area contributed by atoms with Crippen LogP contribution >= 0.6 is 15.9 Å². The average Bonchev–Trinajstić information content (AvgIpc) is 2.15. The van der Waals surface area contributed by atoms with Gasteiger partial charge in [-0.3, -0.25) is 0 Å². The largest absolute Gasteiger partial charge is 0.0716 e. The molecule has 0 bridgehead atoms. The zero-order valence-electron chi connectivity index (χ0n) is 7.28. The first kappa shape index (κ1) is 9.31. The summed E-state index contributed by atoms with van der Waals surface area (Å²) in [5, 5.41) is 0. The second kappa shape index (κ2) is 4.30. The van der Waals surface area contributed by atoms with Gasteiger partial charge in [-0.1, -0.05) is 54.6 Å². The molecule has 1 rings (SSSR count). The third-order valence-electron chi connectivity index (χ3n) is 2.71. The van der Waals surface area contributed by atoms with Crippen LogP contribution in [0.1, 0.15) is 45.4 Å². The highest BCUT2D eigenvalue weighted by atomic mass is 79.9. The van der Waals surface area contributed by atoms with Crippen molar-refractivity contribution in [3.8, 4) is 0 Å². The quantitative estimate of drug-likeness (QED) is 0.576. The molecule has 64 valence electrons. The van der Waals surface area contributed by atoms with Crippen LogP contribution in [0.25, 0.3) is 0 Å². The Kier molecular flexibility index (Phi) is 3.64. The second-order valence-corrected chi connectivity index (χ2v) is 4.39. The first-order valence-electron chi connectivity index (χ1n) is 4.55. The van der Waals surface area contributed by atoms with E-state index in [0.717, 1.165) is 0 Å². The van der Waals surface area contributed by atoms with Crippen LogP contribution < -0.4 is 0 Å². The van der Waals surface area contributed by atoms with E-state index in [0.29, 0.717) is 5.41 Å². The Morgan fingerprint density at radius 3 is 2.09 bits per heavy atom. The second-order valence-electron chi connectivity index (χ2n) is 3.86. The molecule has 0 amide bonds. The first-order valence-corrected chi connectivity index (χ1v) is 5.46. The van der Waals surface area contributed by atoms with Crippen molar-refractivity contribution in [3.63, 3.8) is 0 Å². The molecule has 0 N–H and O–H groups in total. The molecule has 1 heteroatoms. The van der Waals surface area contributed by atoms with Crippen molar-refractivity contribution < 1.29 is 0 Å². The van der Waals surface area contributed by atoms with Gasteiger partial charge in [0.25, 0.3) is 0 Å². The SMILES string of the molecule is CC1(/C=C/Br)CCCCCC1. The van der Waals surface area contributed by atoms with Crippen molar-refractivity contribution in [2.75, 3.05) is 0 Å². The normalized spacial score (nSPS) is 25.3. The maximum absolute atomic E-state index is 3.37. The van der Waals surface area contributed by atoms with Crippen LogP contribution in [0, 0.1) is 5.41 Å². The lowest BCUT2D eigenvalue weighted by molar-refractivity contribution is 0.369. The highest BCUT2D eigenvalue weighted by molar-refractivity contribution is 9.11. The molecule has 0 aromatic heterocycles. The molecule has 1 aliphatic carbocycles. The van der Waals surface area contributed by atoms with Crippen LogP contribution in [0.4, 0.5) is 0 Å². The van der Waals surface area contributed by atoms with Gasteiger partial charge < -0.3 is 0 Å². The summed E-state index contributed by atoms with van der Waals surface area (Å²) in [7, 11) is 0. The lowest BCUT2D eigenvalue weighted by atomic mass is 9.83. The Labute approximate surface area is 78.2 Å². The monoisotopic (exact) mass is 216 g/mol. The molecule has 0 unspecified atom stereocenters. The highest BCUT2D eigenvalue weighted by Gasteiger charge is 2.21. The molecular formula is C10H17Br. The topological polar surface area (TPSA) is 0 Å². The van der Waals surface area contributed by atoms with E-state index >= 15 is 0 Å². The molecule has 0 nitrogen and oxygen atoms in total. The fourth-order valence-corrected chi connectivity index (χ4v) is 2.49. The zero-order valence-corrected chi connectivity index (χ0v) is 8.86. The summed E-state index contributed by atoms with van der Waals surface area (Å²) in [5.74, 6) is 0. The molecule has 1 fully saturated rings. The molecule has 1 aliphatic rings. The first-order chi connectivity index (χ1) is 5.27. The predicted molar refractivity (Wildman–Crippen MR) is 53.9 cm³/mol. The maximum Gasteiger partial charge on any atom is -0.0138 e. The van der Waals surface area contributed by atoms with Gasteiger partial charge in [0.2, 0.25) is 0 Å². The minimum absolute atomic E-state index is 0.486. The van der Waals surface area contributed by atoms with Crippen LogP contribution in [-0.4, -0.2) is 0 Å². The molecule has 0 heterocycles. The van der Waals surface area contributed by atoms with Gasteiger partial charge in [-0.25, -0.2) is 0 Å². The van der Waals surface area contributed by atoms with Gasteiger partial charge in [-0.15, -0.1) is 0 Å². The molecular weight excluding hydrogens is 200 g/mol. The summed E-state index contributed by atoms with van der Waals surface area (Å²) >= 11 is 3.37. The molecule has 11 heavy (non-hydrogen) atoms. The fraction of sp³-hybridized carbons (Fsp3) is 0.800. The van der Waals surface area contributed by atoms with Gasteiger partial charge >= 0.3 is 0 Å². The van der Waals surface area contributed by atoms with Gasteiger partial charge in [0.15, 0.2) is 0 Å². The van der Waals surface area contributed by atoms with E-state index in [1.54, 1.807) is 0 Å². The lowest BCUT2D eigenvalue weighted by Crippen LogP contribution is -2.10. The highest BCUT2D eigenvalue weighted by Crippen LogP contribution is 2.35. The molecule has 0 saturated heterocycles. The van der Waals surface area contributed by atoms with E-state index in [4.69, 9.17) is 0 Å². The van der Waals surface area contributed by atoms with Crippen molar-refractivity contribution >= 4 is 15.9 Å². The van der Waals surface area contributed by atoms with Crippen LogP contribution in [0.2, 0.25) is 0 Å². The number of rotatable bonds is 1. The Morgan fingerprint density at radius 1 is 1.09 bits per heavy atom. The molecule has 0 spiro atoms. The minimum Gasteiger partial charge on any atom is -0.0716 e. The standard InChI is InChI=1S/C10H17Br/c1-10(8-9-11)6-4-2-3-5-7-10/h8-9H,2-7H2,1H3/b9-8+. The number of hydrogen-bond donors (Lipinski definition) is 0. The Hall–Kier alpha value is 0.220. The van der Waals surface area contributed by atoms with E-state index < -0.39 is 0 Å². The van der Waals surface area contributed by atoms with Crippen molar-refractivity contribution in [1.82, 2.24) is 0 Å². The zero-order chi connectivity index (χ0) is 8.16. The molecule has 0 radical (unpaired) electrons. The Morgan fingerprint density at radius 2 is 1.64 bits per heavy atom. The van der Waals surface area contributed by atoms with E-state index in [-0.39, 0.29) is 0 Å². The predicted octanol–water partition coefficient (Wildman–Crippen LogP) is 4.26. The summed E-state index contributed by atoms with van der Waals surface area (Å²) in [6.45, 7) is 2.37. The number of hydrogen-bond acceptors (Lipinski definition) is 0. The number of allylic oxidation sites excluding steroid dienone is 1. The van der Waals surface area contributed by atoms with Crippen molar-refractivity contribution in [3.05, 3.63) is 11.1 Å². The molecule has 0 atom stereocenters. The Balaban J connectivity index is 2.51. The summed E-state index contributed by atoms with van der Waals surface area (Å²) in [5.41, 5.74) is 0.486. The van der Waals surface area contributed by atoms with Gasteiger partial charge in [0, 0.05) is 0 Å². The van der Waals surface area contributed by atoms with Gasteiger partial charge in [0.1, 0.15) is 0 Å². The van der Waals surface area contributed by atoms with Crippen LogP contribution in [0.15, 0.2) is 11.1 Å². The fourth-order valence-electron chi connectivity index (χ4n) is 1.85. The Bertz CT molecular complexity index is 130. The molecule has 0 aliphatic heterocycles. The molecule has 0 aromatic carbocycles. The smallest absolute Gasteiger partial charge is 0.0138 e. The third-order valence-corrected chi connectivity index (χ3v) is 2.98. The van der Waals surface area contributed by atoms with Gasteiger partial charge in [-0.05, 0) is 23.2 Å². The minimum atomic E-state index is 0.486. The van der Waals surface area contributed by atoms with Crippen LogP contribution in [0.5, 0.6) is 0 Å². The van der Waals surface area contributed by atoms with E-state index in [1.165, 1.54) is 38.5 Å². The van der Waals surface area contributed by atoms with Crippen molar-refractivity contribution in [1.29, 1.82) is 0 Å². The van der Waals surface area contributed by atoms with Crippen LogP contribution in [-0.2, 0) is 0 Å². The van der Waals surface area contributed by atoms with E-state index in [9.17, 15) is 0 Å². The summed E-state index contributed by atoms with van der Waals surface area (Å²) in [6, 6.07) is 0. The van der Waals surface area contributed by atoms with Crippen molar-refractivity contribution in [2.45, 2.75) is 45.4 Å². The summed E-state index contributed by atoms with van der Waals surface area (Å²) in [6.07, 6.45) is 10.8. The van der Waals surface area contributed by atoms with Crippen LogP contribution in [0.3, 0.4) is 0 Å². The van der Waals surface area contributed by atoms with Crippen molar-refractivity contribution in [2.24, 2.45) is 5.41 Å². The molecule has 1 saturated carbocycles. The van der Waals surface area contributed by atoms with E-state index in [1.807, 2.05) is 4.99 Å². The van der Waals surface area contributed by atoms with E-state index in [2.05, 4.69) is 28.9 Å². The number of halogens is 1. The van der Waals surface area contributed by atoms with Gasteiger partial charge in [-0.2, -0.15) is 0 Å². The molecule has 0 aromatic rings. The van der Waals surface area contributed by atoms with Gasteiger partial charge in [0.05, 0.1) is 0 Å². The average molecular weight is 217 g/mol. The maximum atomic E-state index is 3.37.